The highest BCUT2D eigenvalue weighted by atomic mass is 19.3. The summed E-state index contributed by atoms with van der Waals surface area (Å²) in [5, 5.41) is 8.57. The van der Waals surface area contributed by atoms with Crippen molar-refractivity contribution in [1.82, 2.24) is 4.98 Å². The first-order valence-electron chi connectivity index (χ1n) is 4.02. The van der Waals surface area contributed by atoms with Crippen LogP contribution in [0.1, 0.15) is 41.6 Å². The van der Waals surface area contributed by atoms with Crippen molar-refractivity contribution in [3.8, 4) is 0 Å². The summed E-state index contributed by atoms with van der Waals surface area (Å²) in [6.45, 7) is 1.51. The van der Waals surface area contributed by atoms with Crippen LogP contribution in [0.25, 0.3) is 0 Å². The second-order valence-corrected chi connectivity index (χ2v) is 2.75. The predicted octanol–water partition coefficient (Wildman–Crippen LogP) is 2.02. The lowest BCUT2D eigenvalue weighted by atomic mass is 10.3. The molecule has 84 valence electrons. The number of rotatable bonds is 4. The van der Waals surface area contributed by atoms with E-state index in [9.17, 15) is 13.6 Å². The Morgan fingerprint density at radius 3 is 2.53 bits per heavy atom. The molecule has 1 aromatic rings. The fraction of sp³-hybridized carbons (Fsp3) is 0.500. The fourth-order valence-electron chi connectivity index (χ4n) is 0.925. The van der Waals surface area contributed by atoms with Crippen LogP contribution >= 0.6 is 0 Å². The summed E-state index contributed by atoms with van der Waals surface area (Å²) in [7, 11) is 1.33. The van der Waals surface area contributed by atoms with Gasteiger partial charge >= 0.3 is 5.97 Å². The van der Waals surface area contributed by atoms with Crippen LogP contribution in [-0.4, -0.2) is 23.2 Å². The second kappa shape index (κ2) is 4.35. The molecule has 5 nitrogen and oxygen atoms in total. The largest absolute Gasteiger partial charge is 0.475 e. The first-order valence-corrected chi connectivity index (χ1v) is 4.02. The van der Waals surface area contributed by atoms with Crippen molar-refractivity contribution < 1.29 is 27.8 Å². The Kier molecular flexibility index (Phi) is 3.35. The summed E-state index contributed by atoms with van der Waals surface area (Å²) >= 11 is 0. The Bertz CT molecular complexity index is 364. The third-order valence-corrected chi connectivity index (χ3v) is 1.77. The van der Waals surface area contributed by atoms with E-state index in [1.807, 2.05) is 0 Å². The first-order chi connectivity index (χ1) is 6.97. The maximum Gasteiger partial charge on any atom is 0.374 e. The fourth-order valence-corrected chi connectivity index (χ4v) is 0.925. The topological polar surface area (TPSA) is 72.6 Å². The monoisotopic (exact) mass is 221 g/mol. The predicted molar refractivity (Wildman–Crippen MR) is 43.8 cm³/mol. The first kappa shape index (κ1) is 11.6. The summed E-state index contributed by atoms with van der Waals surface area (Å²) in [6, 6.07) is 0. The molecular formula is C8H9F2NO4. The molecule has 0 aliphatic carbocycles. The van der Waals surface area contributed by atoms with Gasteiger partial charge in [0.2, 0.25) is 11.7 Å². The molecule has 0 aromatic carbocycles. The molecule has 0 aliphatic rings. The minimum absolute atomic E-state index is 0.176. The average molecular weight is 221 g/mol. The molecule has 0 fully saturated rings. The molecule has 1 heterocycles. The van der Waals surface area contributed by atoms with Crippen LogP contribution in [0.2, 0.25) is 0 Å². The number of oxazole rings is 1. The smallest absolute Gasteiger partial charge is 0.374 e. The summed E-state index contributed by atoms with van der Waals surface area (Å²) in [5.74, 6) is -2.60. The zero-order valence-corrected chi connectivity index (χ0v) is 8.03. The third-order valence-electron chi connectivity index (χ3n) is 1.77. The standard InChI is InChI=1S/C8H9F2NO4/c1-3(14-2)7-11-4(6(9)10)5(15-7)8(12)13/h3,6H,1-2H3,(H,12,13). The Balaban J connectivity index is 3.15. The van der Waals surface area contributed by atoms with Crippen LogP contribution in [0.3, 0.4) is 0 Å². The molecule has 0 saturated heterocycles. The number of halogens is 2. The number of methoxy groups -OCH3 is 1. The van der Waals surface area contributed by atoms with Gasteiger partial charge in [0.05, 0.1) is 0 Å². The molecule has 0 aliphatic heterocycles. The second-order valence-electron chi connectivity index (χ2n) is 2.75. The van der Waals surface area contributed by atoms with E-state index in [4.69, 9.17) is 9.84 Å². The Morgan fingerprint density at radius 1 is 1.60 bits per heavy atom. The minimum Gasteiger partial charge on any atom is -0.475 e. The number of aromatic nitrogens is 1. The maximum atomic E-state index is 12.3. The lowest BCUT2D eigenvalue weighted by Gasteiger charge is -2.01. The molecule has 0 saturated carbocycles. The maximum absolute atomic E-state index is 12.3. The van der Waals surface area contributed by atoms with E-state index in [0.717, 1.165) is 0 Å². The highest BCUT2D eigenvalue weighted by Gasteiger charge is 2.27. The van der Waals surface area contributed by atoms with E-state index in [0.29, 0.717) is 0 Å². The van der Waals surface area contributed by atoms with Gasteiger partial charge in [-0.2, -0.15) is 0 Å². The zero-order chi connectivity index (χ0) is 11.6. The number of aromatic carboxylic acids is 1. The van der Waals surface area contributed by atoms with E-state index in [1.165, 1.54) is 14.0 Å². The summed E-state index contributed by atoms with van der Waals surface area (Å²) in [5.41, 5.74) is -0.874. The van der Waals surface area contributed by atoms with Gasteiger partial charge in [-0.1, -0.05) is 0 Å². The molecule has 0 amide bonds. The van der Waals surface area contributed by atoms with Crippen LogP contribution in [0.5, 0.6) is 0 Å². The van der Waals surface area contributed by atoms with Crippen LogP contribution in [-0.2, 0) is 4.74 Å². The van der Waals surface area contributed by atoms with Gasteiger partial charge in [-0.05, 0) is 6.92 Å². The summed E-state index contributed by atoms with van der Waals surface area (Å²) in [4.78, 5) is 13.9. The van der Waals surface area contributed by atoms with Gasteiger partial charge in [-0.15, -0.1) is 0 Å². The van der Waals surface area contributed by atoms with Gasteiger partial charge < -0.3 is 14.3 Å². The number of carboxylic acid groups (broad SMARTS) is 1. The molecule has 0 bridgehead atoms. The lowest BCUT2D eigenvalue weighted by Crippen LogP contribution is -1.99. The van der Waals surface area contributed by atoms with Crippen LogP contribution in [0, 0.1) is 0 Å². The number of carboxylic acids is 1. The Labute approximate surface area is 83.7 Å². The number of hydrogen-bond acceptors (Lipinski definition) is 4. The molecule has 1 atom stereocenters. The molecule has 1 rings (SSSR count). The van der Waals surface area contributed by atoms with Crippen molar-refractivity contribution >= 4 is 5.97 Å². The van der Waals surface area contributed by atoms with E-state index >= 15 is 0 Å². The number of carbonyl (C=O) groups is 1. The number of ether oxygens (including phenoxy) is 1. The van der Waals surface area contributed by atoms with E-state index < -0.39 is 30.0 Å². The van der Waals surface area contributed by atoms with Gasteiger partial charge in [0.15, 0.2) is 5.69 Å². The van der Waals surface area contributed by atoms with Crippen LogP contribution < -0.4 is 0 Å². The van der Waals surface area contributed by atoms with Gasteiger partial charge in [-0.25, -0.2) is 18.6 Å². The molecule has 7 heteroatoms. The van der Waals surface area contributed by atoms with E-state index in [1.54, 1.807) is 0 Å². The van der Waals surface area contributed by atoms with Crippen LogP contribution in [0.15, 0.2) is 4.42 Å². The molecular weight excluding hydrogens is 212 g/mol. The highest BCUT2D eigenvalue weighted by Crippen LogP contribution is 2.26. The normalized spacial score (nSPS) is 13.1. The molecule has 1 aromatic heterocycles. The number of hydrogen-bond donors (Lipinski definition) is 1. The number of alkyl halides is 2. The molecule has 15 heavy (non-hydrogen) atoms. The van der Waals surface area contributed by atoms with Crippen LogP contribution in [0.4, 0.5) is 8.78 Å². The van der Waals surface area contributed by atoms with Crippen molar-refractivity contribution in [3.05, 3.63) is 17.3 Å². The van der Waals surface area contributed by atoms with Gasteiger partial charge in [0, 0.05) is 7.11 Å². The average Bonchev–Trinajstić information content (AvgIpc) is 2.61. The van der Waals surface area contributed by atoms with Crippen molar-refractivity contribution in [2.75, 3.05) is 7.11 Å². The van der Waals surface area contributed by atoms with Crippen molar-refractivity contribution in [3.63, 3.8) is 0 Å². The van der Waals surface area contributed by atoms with Crippen molar-refractivity contribution in [2.24, 2.45) is 0 Å². The SMILES string of the molecule is COC(C)c1nc(C(F)F)c(C(=O)O)o1. The number of nitrogens with zero attached hydrogens (tertiary/aromatic N) is 1. The molecule has 1 unspecified atom stereocenters. The van der Waals surface area contributed by atoms with Crippen molar-refractivity contribution in [1.29, 1.82) is 0 Å². The van der Waals surface area contributed by atoms with E-state index in [-0.39, 0.29) is 5.89 Å². The quantitative estimate of drug-likeness (QED) is 0.841. The minimum atomic E-state index is -2.99. The molecule has 0 spiro atoms. The summed E-state index contributed by atoms with van der Waals surface area (Å²) in [6.07, 6.45) is -3.66. The van der Waals surface area contributed by atoms with Gasteiger partial charge in [-0.3, -0.25) is 0 Å². The highest BCUT2D eigenvalue weighted by molar-refractivity contribution is 5.85. The van der Waals surface area contributed by atoms with E-state index in [2.05, 4.69) is 9.40 Å². The Morgan fingerprint density at radius 2 is 2.20 bits per heavy atom. The Hall–Kier alpha value is -1.50. The summed E-state index contributed by atoms with van der Waals surface area (Å²) < 4.78 is 34.1. The third kappa shape index (κ3) is 2.30. The molecule has 0 radical (unpaired) electrons. The van der Waals surface area contributed by atoms with Gasteiger partial charge in [0.1, 0.15) is 6.10 Å². The van der Waals surface area contributed by atoms with Crippen molar-refractivity contribution in [2.45, 2.75) is 19.5 Å². The lowest BCUT2D eigenvalue weighted by molar-refractivity contribution is 0.0624. The molecule has 1 N–H and O–H groups in total. The zero-order valence-electron chi connectivity index (χ0n) is 8.03. The van der Waals surface area contributed by atoms with Gasteiger partial charge in [0.25, 0.3) is 6.43 Å².